The van der Waals surface area contributed by atoms with E-state index >= 15 is 0 Å². The number of nitrogens with zero attached hydrogens (tertiary/aromatic N) is 1. The van der Waals surface area contributed by atoms with Crippen molar-refractivity contribution >= 4 is 43.6 Å². The Morgan fingerprint density at radius 3 is 2.54 bits per heavy atom. The maximum Gasteiger partial charge on any atom is 0.339 e. The van der Waals surface area contributed by atoms with E-state index in [4.69, 9.17) is 4.18 Å². The van der Waals surface area contributed by atoms with Crippen LogP contribution < -0.4 is 9.50 Å². The Hall–Kier alpha value is -3.68. The number of halogens is 1. The molecule has 6 rings (SSSR count). The molecule has 3 atom stereocenters. The molecule has 1 aliphatic heterocycles. The van der Waals surface area contributed by atoms with E-state index in [1.54, 1.807) is 48.7 Å². The second kappa shape index (κ2) is 10.5. The molecule has 0 radical (unpaired) electrons. The molecular formula is C32H27BrN2O3S. The number of benzene rings is 4. The molecule has 39 heavy (non-hydrogen) atoms. The highest BCUT2D eigenvalue weighted by Gasteiger charge is 2.37. The average Bonchev–Trinajstić information content (AvgIpc) is 3.44. The minimum absolute atomic E-state index is 0.105. The number of aliphatic imine (C=N–C) groups is 1. The Bertz CT molecular complexity index is 1680. The summed E-state index contributed by atoms with van der Waals surface area (Å²) in [5.74, 6) is 1.12. The molecule has 1 N–H and O–H groups in total. The van der Waals surface area contributed by atoms with Crippen molar-refractivity contribution in [2.45, 2.75) is 30.2 Å². The van der Waals surface area contributed by atoms with Crippen molar-refractivity contribution in [3.8, 4) is 5.75 Å². The zero-order valence-corrected chi connectivity index (χ0v) is 23.7. The summed E-state index contributed by atoms with van der Waals surface area (Å²) in [6.07, 6.45) is 7.31. The molecule has 0 saturated carbocycles. The molecule has 0 spiro atoms. The minimum atomic E-state index is -3.98. The van der Waals surface area contributed by atoms with Gasteiger partial charge in [-0.1, -0.05) is 76.1 Å². The predicted molar refractivity (Wildman–Crippen MR) is 160 cm³/mol. The molecule has 4 aromatic rings. The topological polar surface area (TPSA) is 67.8 Å². The quantitative estimate of drug-likeness (QED) is 0.138. The Balaban J connectivity index is 1.23. The number of hydrogen-bond acceptors (Lipinski definition) is 5. The fraction of sp³-hybridized carbons (Fsp3) is 0.156. The monoisotopic (exact) mass is 598 g/mol. The Morgan fingerprint density at radius 1 is 0.974 bits per heavy atom. The van der Waals surface area contributed by atoms with Crippen molar-refractivity contribution < 1.29 is 12.6 Å². The number of aryl methyl sites for hydroxylation is 1. The largest absolute Gasteiger partial charge is 0.378 e. The molecule has 0 fully saturated rings. The molecule has 4 aromatic carbocycles. The number of allylic oxidation sites excluding steroid dienone is 2. The van der Waals surface area contributed by atoms with Crippen LogP contribution in [-0.2, 0) is 10.1 Å². The maximum atomic E-state index is 12.9. The van der Waals surface area contributed by atoms with E-state index < -0.39 is 10.1 Å². The summed E-state index contributed by atoms with van der Waals surface area (Å²) in [6.45, 7) is 1.90. The summed E-state index contributed by atoms with van der Waals surface area (Å²) in [7, 11) is -3.98. The van der Waals surface area contributed by atoms with Gasteiger partial charge < -0.3 is 9.50 Å². The van der Waals surface area contributed by atoms with Crippen molar-refractivity contribution in [2.75, 3.05) is 5.32 Å². The first-order valence-electron chi connectivity index (χ1n) is 12.8. The summed E-state index contributed by atoms with van der Waals surface area (Å²) in [5, 5.41) is 3.76. The van der Waals surface area contributed by atoms with Crippen molar-refractivity contribution in [3.05, 3.63) is 130 Å². The number of hydrogen-bond donors (Lipinski definition) is 1. The molecule has 0 amide bonds. The maximum absolute atomic E-state index is 12.9. The SMILES string of the molecule is Cc1ccc(S(=O)(=O)Oc2ccc(Br)cc2C=Nc2ccc([C@@H]3Nc4ccccc4[C@H]4C=CC[C@H]43)cc2)cc1. The lowest BCUT2D eigenvalue weighted by molar-refractivity contribution is 0.425. The van der Waals surface area contributed by atoms with Gasteiger partial charge in [0, 0.05) is 27.9 Å². The fourth-order valence-corrected chi connectivity index (χ4v) is 6.69. The van der Waals surface area contributed by atoms with Crippen LogP contribution in [0.2, 0.25) is 0 Å². The van der Waals surface area contributed by atoms with E-state index in [1.165, 1.54) is 16.8 Å². The van der Waals surface area contributed by atoms with Crippen LogP contribution in [0.1, 0.15) is 40.6 Å². The highest BCUT2D eigenvalue weighted by molar-refractivity contribution is 9.10. The van der Waals surface area contributed by atoms with Crippen LogP contribution in [0.4, 0.5) is 11.4 Å². The van der Waals surface area contributed by atoms with Gasteiger partial charge in [0.2, 0.25) is 0 Å². The third-order valence-corrected chi connectivity index (χ3v) is 9.10. The van der Waals surface area contributed by atoms with Gasteiger partial charge in [0.25, 0.3) is 0 Å². The Morgan fingerprint density at radius 2 is 1.74 bits per heavy atom. The van der Waals surface area contributed by atoms with E-state index in [2.05, 4.69) is 74.8 Å². The first kappa shape index (κ1) is 25.6. The van der Waals surface area contributed by atoms with Crippen LogP contribution in [0.25, 0.3) is 0 Å². The van der Waals surface area contributed by atoms with E-state index in [0.29, 0.717) is 17.4 Å². The molecule has 7 heteroatoms. The molecule has 2 aliphatic rings. The summed E-state index contributed by atoms with van der Waals surface area (Å²) >= 11 is 3.46. The summed E-state index contributed by atoms with van der Waals surface area (Å²) in [4.78, 5) is 4.73. The highest BCUT2D eigenvalue weighted by Crippen LogP contribution is 2.49. The molecule has 0 bridgehead atoms. The molecular weight excluding hydrogens is 572 g/mol. The first-order valence-corrected chi connectivity index (χ1v) is 15.0. The van der Waals surface area contributed by atoms with Crippen molar-refractivity contribution in [1.82, 2.24) is 0 Å². The van der Waals surface area contributed by atoms with Gasteiger partial charge in [-0.25, -0.2) is 0 Å². The van der Waals surface area contributed by atoms with Gasteiger partial charge in [-0.2, -0.15) is 8.42 Å². The van der Waals surface area contributed by atoms with Crippen LogP contribution in [0.15, 0.2) is 118 Å². The number of nitrogens with one attached hydrogen (secondary N) is 1. The molecule has 0 aromatic heterocycles. The van der Waals surface area contributed by atoms with Crippen molar-refractivity contribution in [2.24, 2.45) is 10.9 Å². The van der Waals surface area contributed by atoms with E-state index in [-0.39, 0.29) is 16.7 Å². The van der Waals surface area contributed by atoms with Crippen LogP contribution in [0.5, 0.6) is 5.75 Å². The Kier molecular flexibility index (Phi) is 6.87. The lowest BCUT2D eigenvalue weighted by Gasteiger charge is -2.37. The Labute approximate surface area is 237 Å². The number of rotatable bonds is 6. The van der Waals surface area contributed by atoms with E-state index in [0.717, 1.165) is 22.1 Å². The van der Waals surface area contributed by atoms with Gasteiger partial charge in [-0.15, -0.1) is 0 Å². The second-order valence-corrected chi connectivity index (χ2v) is 12.4. The van der Waals surface area contributed by atoms with Crippen LogP contribution in [0, 0.1) is 12.8 Å². The zero-order valence-electron chi connectivity index (χ0n) is 21.3. The average molecular weight is 600 g/mol. The van der Waals surface area contributed by atoms with Gasteiger partial charge in [0.15, 0.2) is 5.75 Å². The number of para-hydroxylation sites is 1. The highest BCUT2D eigenvalue weighted by atomic mass is 79.9. The summed E-state index contributed by atoms with van der Waals surface area (Å²) in [6, 6.07) is 28.7. The van der Waals surface area contributed by atoms with Crippen molar-refractivity contribution in [1.29, 1.82) is 0 Å². The predicted octanol–water partition coefficient (Wildman–Crippen LogP) is 8.10. The third-order valence-electron chi connectivity index (χ3n) is 7.36. The molecule has 0 saturated heterocycles. The summed E-state index contributed by atoms with van der Waals surface area (Å²) in [5.41, 5.74) is 6.07. The molecule has 0 unspecified atom stereocenters. The fourth-order valence-electron chi connectivity index (χ4n) is 5.35. The summed E-state index contributed by atoms with van der Waals surface area (Å²) < 4.78 is 32.1. The van der Waals surface area contributed by atoms with E-state index in [9.17, 15) is 8.42 Å². The van der Waals surface area contributed by atoms with Crippen LogP contribution in [-0.4, -0.2) is 14.6 Å². The van der Waals surface area contributed by atoms with Gasteiger partial charge >= 0.3 is 10.1 Å². The van der Waals surface area contributed by atoms with Crippen LogP contribution in [0.3, 0.4) is 0 Å². The van der Waals surface area contributed by atoms with Crippen LogP contribution >= 0.6 is 15.9 Å². The van der Waals surface area contributed by atoms with Gasteiger partial charge in [-0.05, 0) is 78.9 Å². The smallest absolute Gasteiger partial charge is 0.339 e. The number of fused-ring (bicyclic) bond motifs is 3. The standard InChI is InChI=1S/C32H27BrN2O3S/c1-21-9-16-26(17-10-21)39(36,37)38-31-18-13-24(33)19-23(31)20-34-25-14-11-22(12-15-25)32-29-7-4-6-27(29)28-5-2-3-8-30(28)35-32/h2-6,8-20,27,29,32,35H,7H2,1H3/t27-,29-,32+/m1/s1. The molecule has 5 nitrogen and oxygen atoms in total. The molecule has 196 valence electrons. The van der Waals surface area contributed by atoms with E-state index in [1.807, 2.05) is 19.1 Å². The zero-order chi connectivity index (χ0) is 27.0. The second-order valence-electron chi connectivity index (χ2n) is 9.95. The van der Waals surface area contributed by atoms with Gasteiger partial charge in [-0.3, -0.25) is 4.99 Å². The van der Waals surface area contributed by atoms with Gasteiger partial charge in [0.05, 0.1) is 11.7 Å². The van der Waals surface area contributed by atoms with Crippen molar-refractivity contribution in [3.63, 3.8) is 0 Å². The lowest BCUT2D eigenvalue weighted by Crippen LogP contribution is -2.28. The molecule has 1 aliphatic carbocycles. The molecule has 1 heterocycles. The normalized spacial score (nSPS) is 19.9. The first-order chi connectivity index (χ1) is 18.9. The third kappa shape index (κ3) is 5.29. The van der Waals surface area contributed by atoms with Gasteiger partial charge in [0.1, 0.15) is 4.90 Å². The number of anilines is 1. The minimum Gasteiger partial charge on any atom is -0.378 e. The lowest BCUT2D eigenvalue weighted by atomic mass is 9.77.